The van der Waals surface area contributed by atoms with Crippen molar-refractivity contribution in [1.29, 1.82) is 0 Å². The van der Waals surface area contributed by atoms with Crippen molar-refractivity contribution < 1.29 is 68.9 Å². The largest absolute Gasteiger partial charge is 0.489 e. The van der Waals surface area contributed by atoms with Crippen LogP contribution in [0.25, 0.3) is 10.4 Å². The second kappa shape index (κ2) is 19.5. The number of azide groups is 1. The number of carbonyl (C=O) groups excluding carboxylic acids is 4. The molecule has 19 nitrogen and oxygen atoms in total. The Balaban J connectivity index is 0.000000147. The van der Waals surface area contributed by atoms with E-state index in [1.807, 2.05) is 12.1 Å². The molecule has 6 heterocycles. The lowest BCUT2D eigenvalue weighted by molar-refractivity contribution is -0.140. The number of ether oxygens (including phenoxy) is 4. The number of benzene rings is 4. The third kappa shape index (κ3) is 10.3. The van der Waals surface area contributed by atoms with E-state index in [9.17, 15) is 49.9 Å². The van der Waals surface area contributed by atoms with Crippen molar-refractivity contribution >= 4 is 46.8 Å². The Morgan fingerprint density at radius 1 is 0.724 bits per heavy atom. The van der Waals surface area contributed by atoms with Crippen LogP contribution in [0, 0.1) is 17.7 Å². The maximum Gasteiger partial charge on any atom is 0.419 e. The molecule has 4 aliphatic heterocycles. The molecule has 8 N–H and O–H groups in total. The van der Waals surface area contributed by atoms with Gasteiger partial charge in [-0.1, -0.05) is 6.07 Å². The van der Waals surface area contributed by atoms with Crippen molar-refractivity contribution in [3.63, 3.8) is 0 Å². The molecule has 2 saturated carbocycles. The molecule has 26 heteroatoms. The standard InChI is InChI=1S/C26H19F4N3O4.C17H12N6O4.C7H7F3N2/c27-19-3-1-12(8-18(19)26(28,29)30)7-13(34)9-16-22-15-10-14(2-4-20(15)37-23(16)22)36-21-5-6-31-24-17(21)11-32-25(35)33-24;18-23-22-16(24)13-12-8-5-7(1-2-10(8)27-14(12)13)26-11-3-4-19-15-9(11)6-20-17(25)21-15;8-7(9,10)5-3-4(11)1-2-6(5)12/h1-6,8,10,16,22-23H,7,9,11H2,(H2,31,32,33,35);1-5,12-14H,6H2,(H2,19,20,21,25);1-3H,11-12H2/t16-,22-,23+;12-,13-,14-;/m00./s1. The maximum atomic E-state index is 13.5. The van der Waals surface area contributed by atoms with Gasteiger partial charge in [-0.25, -0.2) is 23.9 Å². The first-order chi connectivity index (χ1) is 36.2. The van der Waals surface area contributed by atoms with E-state index in [1.54, 1.807) is 42.6 Å². The molecular weight excluding hydrogens is 1020 g/mol. The molecule has 2 aromatic heterocycles. The summed E-state index contributed by atoms with van der Waals surface area (Å²) in [7, 11) is 0. The van der Waals surface area contributed by atoms with E-state index in [2.05, 4.69) is 41.3 Å². The minimum absolute atomic E-state index is 0.0197. The molecule has 4 aromatic carbocycles. The number of ketones is 1. The second-order valence-electron chi connectivity index (χ2n) is 18.0. The van der Waals surface area contributed by atoms with Crippen LogP contribution in [0.1, 0.15) is 57.2 Å². The van der Waals surface area contributed by atoms with Crippen LogP contribution in [0.3, 0.4) is 0 Å². The van der Waals surface area contributed by atoms with Gasteiger partial charge >= 0.3 is 24.4 Å². The monoisotopic (exact) mass is 1050 g/mol. The van der Waals surface area contributed by atoms with E-state index >= 15 is 0 Å². The Labute approximate surface area is 423 Å². The molecule has 0 unspecified atom stereocenters. The number of fused-ring (bicyclic) bond motifs is 8. The average molecular weight is 1050 g/mol. The number of alkyl halides is 6. The number of rotatable bonds is 9. The quantitative estimate of drug-likeness (QED) is 0.0259. The summed E-state index contributed by atoms with van der Waals surface area (Å²) in [5, 5.41) is 13.8. The lowest BCUT2D eigenvalue weighted by Crippen LogP contribution is -2.34. The smallest absolute Gasteiger partial charge is 0.419 e. The first-order valence-electron chi connectivity index (χ1n) is 22.9. The van der Waals surface area contributed by atoms with E-state index in [0.717, 1.165) is 34.9 Å². The molecule has 6 atom stereocenters. The molecule has 390 valence electrons. The highest BCUT2D eigenvalue weighted by Gasteiger charge is 2.62. The number of nitrogens with zero attached hydrogens (tertiary/aromatic N) is 5. The predicted molar refractivity (Wildman–Crippen MR) is 254 cm³/mol. The van der Waals surface area contributed by atoms with Gasteiger partial charge < -0.3 is 41.0 Å². The fraction of sp³-hybridized carbons (Fsp3) is 0.240. The van der Waals surface area contributed by atoms with Crippen molar-refractivity contribution in [1.82, 2.24) is 20.6 Å². The average Bonchev–Trinajstić information content (AvgIpc) is 4.25. The fourth-order valence-electron chi connectivity index (χ4n) is 9.44. The maximum absolute atomic E-state index is 13.5. The van der Waals surface area contributed by atoms with Gasteiger partial charge in [-0.05, 0) is 95.1 Å². The Morgan fingerprint density at radius 2 is 1.29 bits per heavy atom. The number of aromatic nitrogens is 2. The van der Waals surface area contributed by atoms with Crippen molar-refractivity contribution in [2.45, 2.75) is 62.3 Å². The van der Waals surface area contributed by atoms with Gasteiger partial charge in [-0.2, -0.15) is 26.3 Å². The van der Waals surface area contributed by atoms with Gasteiger partial charge in [0.25, 0.3) is 0 Å². The van der Waals surface area contributed by atoms with Gasteiger partial charge in [0.1, 0.15) is 69.9 Å². The molecule has 0 saturated heterocycles. The molecule has 2 fully saturated rings. The van der Waals surface area contributed by atoms with E-state index in [-0.39, 0.29) is 84.1 Å². The first kappa shape index (κ1) is 50.2. The SMILES string of the molecule is Nc1ccc(N)c(C(F)(F)F)c1.O=C(Cc1ccc(F)c(C(F)(F)F)c1)C[C@@H]1[C@H]2Oc3ccc(Oc4ccnc5c4CNC(=O)N5)cc3[C@@H]12.[N-]=[N+]=NC(=O)[C@@H]1[C@H]2Oc3ccc(Oc4ccnc5c4CNC(=O)N5)cc3[C@H]21. The minimum atomic E-state index is -4.83. The van der Waals surface area contributed by atoms with Gasteiger partial charge in [0.15, 0.2) is 0 Å². The summed E-state index contributed by atoms with van der Waals surface area (Å²) >= 11 is 0. The number of carbonyl (C=O) groups is 4. The summed E-state index contributed by atoms with van der Waals surface area (Å²) in [5.41, 5.74) is 19.5. The van der Waals surface area contributed by atoms with Crippen LogP contribution in [0.4, 0.5) is 63.3 Å². The zero-order valence-electron chi connectivity index (χ0n) is 38.8. The molecule has 5 amide bonds. The van der Waals surface area contributed by atoms with Crippen LogP contribution >= 0.6 is 0 Å². The number of nitrogens with one attached hydrogen (secondary N) is 4. The van der Waals surface area contributed by atoms with Gasteiger partial charge in [0.05, 0.1) is 41.3 Å². The van der Waals surface area contributed by atoms with Crippen LogP contribution < -0.4 is 51.7 Å². The lowest BCUT2D eigenvalue weighted by Gasteiger charge is -2.20. The minimum Gasteiger partial charge on any atom is -0.489 e. The topological polar surface area (TPSA) is 280 Å². The number of amides is 5. The van der Waals surface area contributed by atoms with E-state index in [4.69, 9.17) is 35.9 Å². The summed E-state index contributed by atoms with van der Waals surface area (Å²) < 4.78 is 113. The normalized spacial score (nSPS) is 20.4. The van der Waals surface area contributed by atoms with Crippen LogP contribution in [-0.4, -0.2) is 45.9 Å². The van der Waals surface area contributed by atoms with Crippen LogP contribution in [0.2, 0.25) is 0 Å². The molecule has 0 radical (unpaired) electrons. The predicted octanol–water partition coefficient (Wildman–Crippen LogP) is 10.0. The molecule has 76 heavy (non-hydrogen) atoms. The molecule has 12 rings (SSSR count). The number of Topliss-reactive ketones (excluding diaryl/α,β-unsaturated/α-hetero) is 1. The molecular formula is C50H38F7N11O8. The van der Waals surface area contributed by atoms with Crippen molar-refractivity contribution in [3.8, 4) is 34.5 Å². The van der Waals surface area contributed by atoms with E-state index in [0.29, 0.717) is 64.3 Å². The molecule has 2 aliphatic carbocycles. The molecule has 6 aromatic rings. The van der Waals surface area contributed by atoms with Crippen LogP contribution in [0.15, 0.2) is 102 Å². The number of hydrogen-bond acceptors (Lipinski definition) is 12. The third-order valence-corrected chi connectivity index (χ3v) is 13.1. The summed E-state index contributed by atoms with van der Waals surface area (Å²) in [6, 6.07) is 19.5. The fourth-order valence-corrected chi connectivity index (χ4v) is 9.44. The zero-order chi connectivity index (χ0) is 53.8. The number of hydrogen-bond donors (Lipinski definition) is 6. The highest BCUT2D eigenvalue weighted by atomic mass is 19.4. The van der Waals surface area contributed by atoms with Crippen molar-refractivity contribution in [2.24, 2.45) is 17.0 Å². The highest BCUT2D eigenvalue weighted by molar-refractivity contribution is 5.92. The molecule has 6 aliphatic rings. The number of nitrogens with two attached hydrogens (primary N) is 2. The molecule has 0 bridgehead atoms. The van der Waals surface area contributed by atoms with Gasteiger partial charge in [0.2, 0.25) is 5.91 Å². The Kier molecular flexibility index (Phi) is 12.9. The third-order valence-electron chi connectivity index (χ3n) is 13.1. The van der Waals surface area contributed by atoms with Gasteiger partial charge in [0, 0.05) is 70.4 Å². The van der Waals surface area contributed by atoms with E-state index < -0.39 is 41.1 Å². The number of urea groups is 2. The first-order valence-corrected chi connectivity index (χ1v) is 22.9. The Morgan fingerprint density at radius 3 is 1.84 bits per heavy atom. The van der Waals surface area contributed by atoms with Crippen LogP contribution in [-0.2, 0) is 41.5 Å². The van der Waals surface area contributed by atoms with Crippen LogP contribution in [0.5, 0.6) is 34.5 Å². The summed E-state index contributed by atoms with van der Waals surface area (Å²) in [6.45, 7) is 0.581. The Bertz CT molecular complexity index is 3430. The number of halogens is 7. The number of nitrogen functional groups attached to an aromatic ring is 2. The van der Waals surface area contributed by atoms with Crippen molar-refractivity contribution in [3.05, 3.63) is 153 Å². The highest BCUT2D eigenvalue weighted by Crippen LogP contribution is 2.61. The van der Waals surface area contributed by atoms with E-state index in [1.165, 1.54) is 18.3 Å². The molecule has 0 spiro atoms. The Hall–Kier alpha value is -9.32. The summed E-state index contributed by atoms with van der Waals surface area (Å²) in [5.74, 6) is 1.75. The number of anilines is 4. The van der Waals surface area contributed by atoms with Gasteiger partial charge in [-0.3, -0.25) is 20.2 Å². The summed E-state index contributed by atoms with van der Waals surface area (Å²) in [4.78, 5) is 58.3. The lowest BCUT2D eigenvalue weighted by atomic mass is 10.00. The zero-order valence-corrected chi connectivity index (χ0v) is 38.8. The van der Waals surface area contributed by atoms with Crippen molar-refractivity contribution in [2.75, 3.05) is 22.1 Å². The summed E-state index contributed by atoms with van der Waals surface area (Å²) in [6.07, 6.45) is -6.69. The number of pyridine rings is 2. The van der Waals surface area contributed by atoms with Gasteiger partial charge in [-0.15, -0.1) is 0 Å². The second-order valence-corrected chi connectivity index (χ2v) is 18.0.